The lowest BCUT2D eigenvalue weighted by Gasteiger charge is -2.26. The summed E-state index contributed by atoms with van der Waals surface area (Å²) in [6, 6.07) is 14.4. The molecule has 1 aliphatic rings. The Morgan fingerprint density at radius 1 is 1.23 bits per heavy atom. The fraction of sp³-hybridized carbons (Fsp3) is 0.381. The highest BCUT2D eigenvalue weighted by atomic mass is 16.2. The van der Waals surface area contributed by atoms with Crippen LogP contribution in [0.25, 0.3) is 0 Å². The monoisotopic (exact) mass is 352 g/mol. The third kappa shape index (κ3) is 4.17. The number of benzene rings is 2. The molecule has 1 heterocycles. The van der Waals surface area contributed by atoms with Crippen LogP contribution in [0.1, 0.15) is 22.7 Å². The topological polar surface area (TPSA) is 47.6 Å². The van der Waals surface area contributed by atoms with Crippen LogP contribution in [-0.4, -0.2) is 45.2 Å². The fourth-order valence-corrected chi connectivity index (χ4v) is 3.48. The number of aryl methyl sites for hydroxylation is 1. The number of carbonyl (C=O) groups is 1. The van der Waals surface area contributed by atoms with Gasteiger partial charge in [0.05, 0.1) is 6.04 Å². The molecular formula is C21H28N4O. The zero-order chi connectivity index (χ0) is 18.7. The van der Waals surface area contributed by atoms with E-state index in [1.807, 2.05) is 45.3 Å². The van der Waals surface area contributed by atoms with Crippen molar-refractivity contribution >= 4 is 17.4 Å². The van der Waals surface area contributed by atoms with Crippen molar-refractivity contribution in [2.75, 3.05) is 44.4 Å². The molecule has 2 aromatic carbocycles. The molecule has 0 radical (unpaired) electrons. The number of nitrogens with one attached hydrogen (secondary N) is 2. The van der Waals surface area contributed by atoms with E-state index >= 15 is 0 Å². The number of fused-ring (bicyclic) bond motifs is 1. The second kappa shape index (κ2) is 7.79. The maximum absolute atomic E-state index is 12.3. The SMILES string of the molecule is Cc1cccc(NC(=O)NCC(c2ccc3c(c2)CCN3C)N(C)C)c1. The van der Waals surface area contributed by atoms with Crippen molar-refractivity contribution in [2.45, 2.75) is 19.4 Å². The molecule has 0 aromatic heterocycles. The summed E-state index contributed by atoms with van der Waals surface area (Å²) < 4.78 is 0. The normalized spacial score (nSPS) is 14.3. The molecule has 26 heavy (non-hydrogen) atoms. The highest BCUT2D eigenvalue weighted by molar-refractivity contribution is 5.89. The predicted molar refractivity (Wildman–Crippen MR) is 108 cm³/mol. The summed E-state index contributed by atoms with van der Waals surface area (Å²) in [5.74, 6) is 0. The van der Waals surface area contributed by atoms with E-state index in [2.05, 4.69) is 45.7 Å². The van der Waals surface area contributed by atoms with Crippen molar-refractivity contribution in [3.63, 3.8) is 0 Å². The van der Waals surface area contributed by atoms with Gasteiger partial charge in [-0.15, -0.1) is 0 Å². The second-order valence-corrected chi connectivity index (χ2v) is 7.24. The zero-order valence-corrected chi connectivity index (χ0v) is 16.0. The summed E-state index contributed by atoms with van der Waals surface area (Å²) in [7, 11) is 6.22. The maximum atomic E-state index is 12.3. The van der Waals surface area contributed by atoms with Crippen LogP contribution >= 0.6 is 0 Å². The van der Waals surface area contributed by atoms with E-state index in [0.717, 1.165) is 24.2 Å². The van der Waals surface area contributed by atoms with Crippen molar-refractivity contribution < 1.29 is 4.79 Å². The Morgan fingerprint density at radius 2 is 2.04 bits per heavy atom. The van der Waals surface area contributed by atoms with Gasteiger partial charge < -0.3 is 20.4 Å². The summed E-state index contributed by atoms with van der Waals surface area (Å²) in [6.45, 7) is 3.64. The number of rotatable bonds is 5. The molecule has 1 unspecified atom stereocenters. The largest absolute Gasteiger partial charge is 0.374 e. The molecule has 0 spiro atoms. The Balaban J connectivity index is 1.65. The Bertz CT molecular complexity index is 787. The Morgan fingerprint density at radius 3 is 2.77 bits per heavy atom. The molecule has 2 amide bonds. The standard InChI is InChI=1S/C21H28N4O/c1-15-6-5-7-18(12-15)23-21(26)22-14-20(24(2)3)16-8-9-19-17(13-16)10-11-25(19)4/h5-9,12-13,20H,10-11,14H2,1-4H3,(H2,22,23,26). The quantitative estimate of drug-likeness (QED) is 0.867. The number of nitrogens with zero attached hydrogens (tertiary/aromatic N) is 2. The van der Waals surface area contributed by atoms with E-state index in [0.29, 0.717) is 6.54 Å². The highest BCUT2D eigenvalue weighted by Gasteiger charge is 2.20. The van der Waals surface area contributed by atoms with Gasteiger partial charge >= 0.3 is 6.03 Å². The van der Waals surface area contributed by atoms with Gasteiger partial charge in [0.15, 0.2) is 0 Å². The van der Waals surface area contributed by atoms with Gasteiger partial charge in [-0.2, -0.15) is 0 Å². The summed E-state index contributed by atoms with van der Waals surface area (Å²) in [5.41, 5.74) is 5.87. The summed E-state index contributed by atoms with van der Waals surface area (Å²) in [6.07, 6.45) is 1.08. The number of likely N-dealkylation sites (N-methyl/N-ethyl adjacent to an activating group) is 2. The average molecular weight is 352 g/mol. The molecule has 2 aromatic rings. The van der Waals surface area contributed by atoms with Gasteiger partial charge in [-0.3, -0.25) is 0 Å². The van der Waals surface area contributed by atoms with E-state index in [9.17, 15) is 4.79 Å². The first-order valence-corrected chi connectivity index (χ1v) is 9.06. The van der Waals surface area contributed by atoms with Gasteiger partial charge in [-0.1, -0.05) is 24.3 Å². The van der Waals surface area contributed by atoms with Gasteiger partial charge in [0.1, 0.15) is 0 Å². The summed E-state index contributed by atoms with van der Waals surface area (Å²) >= 11 is 0. The molecule has 1 aliphatic heterocycles. The van der Waals surface area contributed by atoms with Gasteiger partial charge in [-0.05, 0) is 62.3 Å². The van der Waals surface area contributed by atoms with Crippen LogP contribution in [0.3, 0.4) is 0 Å². The van der Waals surface area contributed by atoms with E-state index < -0.39 is 0 Å². The molecule has 0 bridgehead atoms. The smallest absolute Gasteiger partial charge is 0.319 e. The van der Waals surface area contributed by atoms with E-state index in [-0.39, 0.29) is 12.1 Å². The van der Waals surface area contributed by atoms with Crippen LogP contribution in [-0.2, 0) is 6.42 Å². The molecular weight excluding hydrogens is 324 g/mol. The third-order valence-electron chi connectivity index (χ3n) is 4.97. The molecule has 3 rings (SSSR count). The van der Waals surface area contributed by atoms with Crippen LogP contribution < -0.4 is 15.5 Å². The molecule has 2 N–H and O–H groups in total. The first-order chi connectivity index (χ1) is 12.4. The van der Waals surface area contributed by atoms with Gasteiger partial charge in [0, 0.05) is 31.5 Å². The van der Waals surface area contributed by atoms with Gasteiger partial charge in [-0.25, -0.2) is 4.79 Å². The molecule has 0 aliphatic carbocycles. The van der Waals surface area contributed by atoms with Gasteiger partial charge in [0.2, 0.25) is 0 Å². The summed E-state index contributed by atoms with van der Waals surface area (Å²) in [5, 5.41) is 5.91. The maximum Gasteiger partial charge on any atom is 0.319 e. The lowest BCUT2D eigenvalue weighted by atomic mass is 10.0. The lowest BCUT2D eigenvalue weighted by molar-refractivity contribution is 0.243. The highest BCUT2D eigenvalue weighted by Crippen LogP contribution is 2.30. The van der Waals surface area contributed by atoms with Gasteiger partial charge in [0.25, 0.3) is 0 Å². The third-order valence-corrected chi connectivity index (χ3v) is 4.97. The number of urea groups is 1. The number of amides is 2. The van der Waals surface area contributed by atoms with Crippen molar-refractivity contribution in [3.8, 4) is 0 Å². The van der Waals surface area contributed by atoms with Crippen LogP contribution in [0.15, 0.2) is 42.5 Å². The van der Waals surface area contributed by atoms with E-state index in [4.69, 9.17) is 0 Å². The Kier molecular flexibility index (Phi) is 5.47. The first-order valence-electron chi connectivity index (χ1n) is 9.06. The minimum atomic E-state index is -0.177. The predicted octanol–water partition coefficient (Wildman–Crippen LogP) is 3.41. The fourth-order valence-electron chi connectivity index (χ4n) is 3.48. The Hall–Kier alpha value is -2.53. The van der Waals surface area contributed by atoms with Crippen molar-refractivity contribution in [3.05, 3.63) is 59.2 Å². The van der Waals surface area contributed by atoms with Crippen molar-refractivity contribution in [1.82, 2.24) is 10.2 Å². The van der Waals surface area contributed by atoms with Crippen LogP contribution in [0.4, 0.5) is 16.2 Å². The molecule has 5 nitrogen and oxygen atoms in total. The zero-order valence-electron chi connectivity index (χ0n) is 16.0. The average Bonchev–Trinajstić information content (AvgIpc) is 2.95. The van der Waals surface area contributed by atoms with Crippen LogP contribution in [0.5, 0.6) is 0 Å². The molecule has 0 saturated carbocycles. The number of hydrogen-bond acceptors (Lipinski definition) is 3. The molecule has 5 heteroatoms. The number of hydrogen-bond donors (Lipinski definition) is 2. The number of carbonyl (C=O) groups excluding carboxylic acids is 1. The number of anilines is 2. The minimum Gasteiger partial charge on any atom is -0.374 e. The molecule has 138 valence electrons. The van der Waals surface area contributed by atoms with E-state index in [1.165, 1.54) is 16.8 Å². The summed E-state index contributed by atoms with van der Waals surface area (Å²) in [4.78, 5) is 16.7. The van der Waals surface area contributed by atoms with Crippen LogP contribution in [0, 0.1) is 6.92 Å². The minimum absolute atomic E-state index is 0.134. The second-order valence-electron chi connectivity index (χ2n) is 7.24. The lowest BCUT2D eigenvalue weighted by Crippen LogP contribution is -2.36. The van der Waals surface area contributed by atoms with E-state index in [1.54, 1.807) is 0 Å². The first kappa shape index (κ1) is 18.3. The van der Waals surface area contributed by atoms with Crippen molar-refractivity contribution in [1.29, 1.82) is 0 Å². The Labute approximate surface area is 156 Å². The molecule has 1 atom stereocenters. The van der Waals surface area contributed by atoms with Crippen molar-refractivity contribution in [2.24, 2.45) is 0 Å². The van der Waals surface area contributed by atoms with Crippen LogP contribution in [0.2, 0.25) is 0 Å². The molecule has 0 fully saturated rings. The molecule has 0 saturated heterocycles.